The molecule has 0 aliphatic rings. The van der Waals surface area contributed by atoms with Crippen LogP contribution in [0.5, 0.6) is 0 Å². The molecule has 0 unspecified atom stereocenters. The van der Waals surface area contributed by atoms with Crippen LogP contribution in [0, 0.1) is 0 Å². The van der Waals surface area contributed by atoms with Gasteiger partial charge >= 0.3 is 0 Å². The van der Waals surface area contributed by atoms with Gasteiger partial charge in [0.25, 0.3) is 5.56 Å². The van der Waals surface area contributed by atoms with E-state index < -0.39 is 0 Å². The summed E-state index contributed by atoms with van der Waals surface area (Å²) in [4.78, 5) is 17.3. The minimum atomic E-state index is -0.105. The molecule has 3 aromatic rings. The Labute approximate surface area is 134 Å². The molecule has 0 spiro atoms. The molecule has 23 heavy (non-hydrogen) atoms. The van der Waals surface area contributed by atoms with Crippen LogP contribution in [0.3, 0.4) is 0 Å². The lowest BCUT2D eigenvalue weighted by Crippen LogP contribution is -2.25. The van der Waals surface area contributed by atoms with Crippen molar-refractivity contribution in [3.8, 4) is 5.82 Å². The SMILES string of the molecule is COCc1c(COC)n(-c2ccccn2)c(=O)c2ccccc12. The molecular formula is C18H18N2O3. The first-order valence-electron chi connectivity index (χ1n) is 7.32. The molecule has 0 bridgehead atoms. The van der Waals surface area contributed by atoms with Crippen LogP contribution < -0.4 is 5.56 Å². The molecule has 0 amide bonds. The summed E-state index contributed by atoms with van der Waals surface area (Å²) in [5.41, 5.74) is 1.60. The Hall–Kier alpha value is -2.50. The van der Waals surface area contributed by atoms with Gasteiger partial charge in [-0.15, -0.1) is 0 Å². The molecule has 0 saturated carbocycles. The van der Waals surface area contributed by atoms with Crippen LogP contribution in [0.15, 0.2) is 53.5 Å². The summed E-state index contributed by atoms with van der Waals surface area (Å²) < 4.78 is 12.3. The first-order valence-corrected chi connectivity index (χ1v) is 7.32. The molecule has 2 heterocycles. The van der Waals surface area contributed by atoms with Crippen molar-refractivity contribution < 1.29 is 9.47 Å². The third kappa shape index (κ3) is 2.76. The number of methoxy groups -OCH3 is 2. The van der Waals surface area contributed by atoms with Gasteiger partial charge in [-0.25, -0.2) is 4.98 Å². The van der Waals surface area contributed by atoms with Gasteiger partial charge < -0.3 is 9.47 Å². The lowest BCUT2D eigenvalue weighted by Gasteiger charge is -2.18. The molecule has 0 atom stereocenters. The van der Waals surface area contributed by atoms with E-state index in [2.05, 4.69) is 4.98 Å². The van der Waals surface area contributed by atoms with Crippen molar-refractivity contribution in [3.63, 3.8) is 0 Å². The van der Waals surface area contributed by atoms with Gasteiger partial charge in [-0.3, -0.25) is 9.36 Å². The van der Waals surface area contributed by atoms with Crippen molar-refractivity contribution >= 4 is 10.8 Å². The topological polar surface area (TPSA) is 53.4 Å². The second kappa shape index (κ2) is 6.73. The molecule has 5 nitrogen and oxygen atoms in total. The highest BCUT2D eigenvalue weighted by Gasteiger charge is 2.18. The van der Waals surface area contributed by atoms with E-state index in [1.165, 1.54) is 0 Å². The first-order chi connectivity index (χ1) is 11.3. The van der Waals surface area contributed by atoms with Gasteiger partial charge in [0.05, 0.1) is 18.9 Å². The number of nitrogens with zero attached hydrogens (tertiary/aromatic N) is 2. The Bertz CT molecular complexity index is 873. The second-order valence-electron chi connectivity index (χ2n) is 5.17. The molecule has 0 fully saturated rings. The second-order valence-corrected chi connectivity index (χ2v) is 5.17. The van der Waals surface area contributed by atoms with Crippen molar-refractivity contribution in [3.05, 3.63) is 70.3 Å². The predicted molar refractivity (Wildman–Crippen MR) is 88.8 cm³/mol. The van der Waals surface area contributed by atoms with Crippen LogP contribution in [-0.4, -0.2) is 23.8 Å². The summed E-state index contributed by atoms with van der Waals surface area (Å²) in [5, 5.41) is 1.53. The fourth-order valence-corrected chi connectivity index (χ4v) is 2.79. The first kappa shape index (κ1) is 15.4. The standard InChI is InChI=1S/C18H18N2O3/c1-22-11-15-13-7-3-4-8-14(13)18(21)20(16(15)12-23-2)17-9-5-6-10-19-17/h3-10H,11-12H2,1-2H3. The summed E-state index contributed by atoms with van der Waals surface area (Å²) in [7, 11) is 3.25. The van der Waals surface area contributed by atoms with Crippen LogP contribution in [0.1, 0.15) is 11.3 Å². The van der Waals surface area contributed by atoms with E-state index in [0.29, 0.717) is 24.4 Å². The van der Waals surface area contributed by atoms with Crippen LogP contribution >= 0.6 is 0 Å². The molecule has 0 saturated heterocycles. The Morgan fingerprint density at radius 2 is 1.65 bits per heavy atom. The van der Waals surface area contributed by atoms with E-state index in [1.807, 2.05) is 42.5 Å². The Morgan fingerprint density at radius 1 is 0.957 bits per heavy atom. The van der Waals surface area contributed by atoms with Crippen molar-refractivity contribution in [1.29, 1.82) is 0 Å². The Morgan fingerprint density at radius 3 is 2.30 bits per heavy atom. The van der Waals surface area contributed by atoms with Gasteiger partial charge in [0.15, 0.2) is 0 Å². The fraction of sp³-hybridized carbons (Fsp3) is 0.222. The van der Waals surface area contributed by atoms with Crippen LogP contribution in [0.2, 0.25) is 0 Å². The van der Waals surface area contributed by atoms with Crippen molar-refractivity contribution in [1.82, 2.24) is 9.55 Å². The Kier molecular flexibility index (Phi) is 4.50. The number of hydrogen-bond donors (Lipinski definition) is 0. The Balaban J connectivity index is 2.44. The van der Waals surface area contributed by atoms with E-state index in [4.69, 9.17) is 9.47 Å². The van der Waals surface area contributed by atoms with Crippen LogP contribution in [0.4, 0.5) is 0 Å². The van der Waals surface area contributed by atoms with Crippen molar-refractivity contribution in [2.45, 2.75) is 13.2 Å². The van der Waals surface area contributed by atoms with E-state index in [-0.39, 0.29) is 5.56 Å². The monoisotopic (exact) mass is 310 g/mol. The van der Waals surface area contributed by atoms with Gasteiger partial charge in [0, 0.05) is 31.4 Å². The average molecular weight is 310 g/mol. The quantitative estimate of drug-likeness (QED) is 0.727. The summed E-state index contributed by atoms with van der Waals surface area (Å²) >= 11 is 0. The number of ether oxygens (including phenoxy) is 2. The summed E-state index contributed by atoms with van der Waals surface area (Å²) in [5.74, 6) is 0.577. The average Bonchev–Trinajstić information content (AvgIpc) is 2.59. The largest absolute Gasteiger partial charge is 0.380 e. The number of aromatic nitrogens is 2. The maximum atomic E-state index is 13.0. The lowest BCUT2D eigenvalue weighted by molar-refractivity contribution is 0.164. The maximum absolute atomic E-state index is 13.0. The fourth-order valence-electron chi connectivity index (χ4n) is 2.79. The normalized spacial score (nSPS) is 11.0. The predicted octanol–water partition coefficient (Wildman–Crippen LogP) is 2.68. The van der Waals surface area contributed by atoms with E-state index >= 15 is 0 Å². The van der Waals surface area contributed by atoms with E-state index in [9.17, 15) is 4.79 Å². The number of benzene rings is 1. The van der Waals surface area contributed by atoms with Gasteiger partial charge in [-0.1, -0.05) is 24.3 Å². The molecule has 0 aliphatic heterocycles. The minimum absolute atomic E-state index is 0.105. The highest BCUT2D eigenvalue weighted by molar-refractivity contribution is 5.86. The van der Waals surface area contributed by atoms with Crippen LogP contribution in [-0.2, 0) is 22.7 Å². The zero-order valence-corrected chi connectivity index (χ0v) is 13.2. The summed E-state index contributed by atoms with van der Waals surface area (Å²) in [6.07, 6.45) is 1.67. The van der Waals surface area contributed by atoms with Gasteiger partial charge in [-0.2, -0.15) is 0 Å². The molecule has 5 heteroatoms. The molecule has 0 aliphatic carbocycles. The van der Waals surface area contributed by atoms with Gasteiger partial charge in [0.2, 0.25) is 0 Å². The zero-order valence-electron chi connectivity index (χ0n) is 13.2. The van der Waals surface area contributed by atoms with Gasteiger partial charge in [0.1, 0.15) is 5.82 Å². The zero-order chi connectivity index (χ0) is 16.2. The number of pyridine rings is 2. The molecule has 1 aromatic carbocycles. The third-order valence-corrected chi connectivity index (χ3v) is 3.75. The molecule has 0 N–H and O–H groups in total. The van der Waals surface area contributed by atoms with Crippen LogP contribution in [0.25, 0.3) is 16.6 Å². The minimum Gasteiger partial charge on any atom is -0.380 e. The third-order valence-electron chi connectivity index (χ3n) is 3.75. The van der Waals surface area contributed by atoms with E-state index in [1.54, 1.807) is 25.0 Å². The van der Waals surface area contributed by atoms with Crippen molar-refractivity contribution in [2.24, 2.45) is 0 Å². The molecule has 3 rings (SSSR count). The highest BCUT2D eigenvalue weighted by atomic mass is 16.5. The smallest absolute Gasteiger partial charge is 0.264 e. The van der Waals surface area contributed by atoms with E-state index in [0.717, 1.165) is 16.6 Å². The molecular weight excluding hydrogens is 292 g/mol. The lowest BCUT2D eigenvalue weighted by atomic mass is 10.0. The number of rotatable bonds is 5. The summed E-state index contributed by atoms with van der Waals surface area (Å²) in [6, 6.07) is 13.0. The highest BCUT2D eigenvalue weighted by Crippen LogP contribution is 2.23. The molecule has 118 valence electrons. The van der Waals surface area contributed by atoms with Crippen molar-refractivity contribution in [2.75, 3.05) is 14.2 Å². The number of fused-ring (bicyclic) bond motifs is 1. The van der Waals surface area contributed by atoms with Gasteiger partial charge in [-0.05, 0) is 23.6 Å². The maximum Gasteiger partial charge on any atom is 0.264 e. The molecule has 2 aromatic heterocycles. The summed E-state index contributed by atoms with van der Waals surface area (Å²) in [6.45, 7) is 0.696. The molecule has 0 radical (unpaired) electrons. The number of hydrogen-bond acceptors (Lipinski definition) is 4.